The largest absolute Gasteiger partial charge is 0.478 e. The molecule has 2 N–H and O–H groups in total. The third-order valence-corrected chi connectivity index (χ3v) is 6.35. The summed E-state index contributed by atoms with van der Waals surface area (Å²) < 4.78 is 6.13. The Balaban J connectivity index is 1.61. The molecule has 0 saturated heterocycles. The highest BCUT2D eigenvalue weighted by Gasteiger charge is 2.31. The molecule has 0 aromatic heterocycles. The molecule has 0 heterocycles. The van der Waals surface area contributed by atoms with E-state index in [4.69, 9.17) is 10.5 Å². The number of ether oxygens (including phenoxy) is 1. The molecule has 1 atom stereocenters. The number of hydrogen-bond donors (Lipinski definition) is 1. The predicted octanol–water partition coefficient (Wildman–Crippen LogP) is 4.89. The molecule has 0 fully saturated rings. The van der Waals surface area contributed by atoms with E-state index in [9.17, 15) is 4.79 Å². The van der Waals surface area contributed by atoms with Crippen LogP contribution in [0, 0.1) is 0 Å². The van der Waals surface area contributed by atoms with Crippen LogP contribution in [0.3, 0.4) is 0 Å². The van der Waals surface area contributed by atoms with E-state index < -0.39 is 11.5 Å². The van der Waals surface area contributed by atoms with Gasteiger partial charge in [-0.1, -0.05) is 72.8 Å². The number of nitrogens with zero attached hydrogens (tertiary/aromatic N) is 1. The second-order valence-corrected chi connectivity index (χ2v) is 9.14. The van der Waals surface area contributed by atoms with Crippen LogP contribution in [0.2, 0.25) is 0 Å². The van der Waals surface area contributed by atoms with E-state index in [0.717, 1.165) is 38.1 Å². The van der Waals surface area contributed by atoms with Gasteiger partial charge >= 0.3 is 0 Å². The lowest BCUT2D eigenvalue weighted by Gasteiger charge is -2.36. The van der Waals surface area contributed by atoms with Crippen molar-refractivity contribution in [1.29, 1.82) is 0 Å². The first kappa shape index (κ1) is 22.1. The second-order valence-electron chi connectivity index (χ2n) is 9.14. The third kappa shape index (κ3) is 5.20. The molecule has 32 heavy (non-hydrogen) atoms. The van der Waals surface area contributed by atoms with Gasteiger partial charge in [0.05, 0.1) is 0 Å². The molecular formula is C28H32N2O2. The quantitative estimate of drug-likeness (QED) is 0.556. The lowest BCUT2D eigenvalue weighted by Crippen LogP contribution is -2.44. The Bertz CT molecular complexity index is 1010. The number of benzene rings is 3. The van der Waals surface area contributed by atoms with Crippen molar-refractivity contribution in [2.45, 2.75) is 57.8 Å². The van der Waals surface area contributed by atoms with Gasteiger partial charge in [0.25, 0.3) is 5.91 Å². The van der Waals surface area contributed by atoms with Crippen molar-refractivity contribution in [2.24, 2.45) is 5.73 Å². The molecule has 1 amide bonds. The van der Waals surface area contributed by atoms with Crippen molar-refractivity contribution in [3.63, 3.8) is 0 Å². The lowest BCUT2D eigenvalue weighted by atomic mass is 9.86. The van der Waals surface area contributed by atoms with E-state index in [-0.39, 0.29) is 0 Å². The van der Waals surface area contributed by atoms with Crippen LogP contribution in [-0.2, 0) is 30.7 Å². The number of nitrogens with two attached hydrogens (primary N) is 1. The topological polar surface area (TPSA) is 55.6 Å². The summed E-state index contributed by atoms with van der Waals surface area (Å²) in [5.41, 5.74) is 9.65. The predicted molar refractivity (Wildman–Crippen MR) is 128 cm³/mol. The monoisotopic (exact) mass is 428 g/mol. The fourth-order valence-electron chi connectivity index (χ4n) is 4.42. The zero-order valence-electron chi connectivity index (χ0n) is 19.0. The average Bonchev–Trinajstić information content (AvgIpc) is 2.80. The van der Waals surface area contributed by atoms with Crippen LogP contribution in [0.4, 0.5) is 0 Å². The van der Waals surface area contributed by atoms with Gasteiger partial charge in [0.2, 0.25) is 0 Å². The fourth-order valence-corrected chi connectivity index (χ4v) is 4.42. The summed E-state index contributed by atoms with van der Waals surface area (Å²) in [5, 5.41) is 0. The molecule has 4 rings (SSSR count). The summed E-state index contributed by atoms with van der Waals surface area (Å²) in [6, 6.07) is 27.8. The Morgan fingerprint density at radius 2 is 1.53 bits per heavy atom. The summed E-state index contributed by atoms with van der Waals surface area (Å²) >= 11 is 0. The lowest BCUT2D eigenvalue weighted by molar-refractivity contribution is -0.130. The molecule has 166 valence electrons. The van der Waals surface area contributed by atoms with Gasteiger partial charge in [0.1, 0.15) is 5.75 Å². The van der Waals surface area contributed by atoms with E-state index in [1.807, 2.05) is 12.1 Å². The molecule has 0 bridgehead atoms. The molecule has 1 aliphatic rings. The van der Waals surface area contributed by atoms with Gasteiger partial charge < -0.3 is 10.5 Å². The van der Waals surface area contributed by atoms with Crippen molar-refractivity contribution in [3.05, 3.63) is 101 Å². The van der Waals surface area contributed by atoms with E-state index in [0.29, 0.717) is 6.04 Å². The van der Waals surface area contributed by atoms with E-state index in [1.54, 1.807) is 13.8 Å². The van der Waals surface area contributed by atoms with Gasteiger partial charge in [0, 0.05) is 19.1 Å². The summed E-state index contributed by atoms with van der Waals surface area (Å²) in [6.07, 6.45) is 2.98. The molecule has 3 aromatic carbocycles. The number of carbonyl (C=O) groups is 1. The van der Waals surface area contributed by atoms with E-state index in [1.165, 1.54) is 22.3 Å². The number of hydrogen-bond acceptors (Lipinski definition) is 3. The minimum Gasteiger partial charge on any atom is -0.478 e. The van der Waals surface area contributed by atoms with Crippen molar-refractivity contribution in [3.8, 4) is 5.75 Å². The minimum absolute atomic E-state index is 0.379. The number of aryl methyl sites for hydroxylation is 1. The average molecular weight is 429 g/mol. The molecule has 0 unspecified atom stereocenters. The van der Waals surface area contributed by atoms with Crippen LogP contribution >= 0.6 is 0 Å². The second kappa shape index (κ2) is 9.58. The summed E-state index contributed by atoms with van der Waals surface area (Å²) in [7, 11) is 0. The highest BCUT2D eigenvalue weighted by molar-refractivity contribution is 5.83. The number of amides is 1. The summed E-state index contributed by atoms with van der Waals surface area (Å²) in [5.74, 6) is 0.313. The van der Waals surface area contributed by atoms with Gasteiger partial charge in [-0.05, 0) is 61.4 Å². The van der Waals surface area contributed by atoms with Crippen molar-refractivity contribution < 1.29 is 9.53 Å². The molecule has 3 aromatic rings. The third-order valence-electron chi connectivity index (χ3n) is 6.35. The molecule has 0 saturated carbocycles. The Labute approximate surface area is 191 Å². The number of carbonyl (C=O) groups excluding carboxylic acids is 1. The zero-order valence-corrected chi connectivity index (χ0v) is 19.0. The first-order valence-corrected chi connectivity index (χ1v) is 11.3. The number of fused-ring (bicyclic) bond motifs is 1. The molecule has 0 aliphatic heterocycles. The Morgan fingerprint density at radius 3 is 2.09 bits per heavy atom. The van der Waals surface area contributed by atoms with Gasteiger partial charge in [-0.15, -0.1) is 0 Å². The molecule has 0 radical (unpaired) electrons. The van der Waals surface area contributed by atoms with Gasteiger partial charge in [-0.3, -0.25) is 9.69 Å². The number of primary amides is 1. The fraction of sp³-hybridized carbons (Fsp3) is 0.321. The van der Waals surface area contributed by atoms with E-state index in [2.05, 4.69) is 71.6 Å². The minimum atomic E-state index is -1.05. The molecule has 4 nitrogen and oxygen atoms in total. The first-order valence-electron chi connectivity index (χ1n) is 11.3. The molecule has 1 aliphatic carbocycles. The van der Waals surface area contributed by atoms with Crippen LogP contribution in [0.25, 0.3) is 0 Å². The van der Waals surface area contributed by atoms with Crippen LogP contribution in [0.5, 0.6) is 5.75 Å². The molecule has 4 heteroatoms. The van der Waals surface area contributed by atoms with Crippen molar-refractivity contribution in [1.82, 2.24) is 4.90 Å². The van der Waals surface area contributed by atoms with Gasteiger partial charge in [-0.25, -0.2) is 0 Å². The highest BCUT2D eigenvalue weighted by Crippen LogP contribution is 2.34. The van der Waals surface area contributed by atoms with Crippen molar-refractivity contribution in [2.75, 3.05) is 0 Å². The van der Waals surface area contributed by atoms with Gasteiger partial charge in [0.15, 0.2) is 5.60 Å². The zero-order chi connectivity index (χ0) is 22.6. The van der Waals surface area contributed by atoms with Crippen LogP contribution in [0.1, 0.15) is 42.5 Å². The van der Waals surface area contributed by atoms with Gasteiger partial charge in [-0.2, -0.15) is 0 Å². The highest BCUT2D eigenvalue weighted by atomic mass is 16.5. The molecule has 0 spiro atoms. The summed E-state index contributed by atoms with van der Waals surface area (Å²) in [6.45, 7) is 5.25. The standard InChI is InChI=1S/C28H32N2O2/c1-28(2,27(29)31)32-26-15-9-14-23-16-17-24(18-25(23)26)30(19-21-10-5-3-6-11-21)20-22-12-7-4-8-13-22/h3-15,24H,16-20H2,1-2H3,(H2,29,31)/t24-/m1/s1. The van der Waals surface area contributed by atoms with Crippen molar-refractivity contribution >= 4 is 5.91 Å². The SMILES string of the molecule is CC(C)(Oc1cccc2c1C[C@H](N(Cc1ccccc1)Cc1ccccc1)CC2)C(N)=O. The van der Waals surface area contributed by atoms with Crippen LogP contribution in [-0.4, -0.2) is 22.4 Å². The summed E-state index contributed by atoms with van der Waals surface area (Å²) in [4.78, 5) is 14.4. The maximum absolute atomic E-state index is 11.9. The van der Waals surface area contributed by atoms with Crippen LogP contribution < -0.4 is 10.5 Å². The van der Waals surface area contributed by atoms with E-state index >= 15 is 0 Å². The molecular weight excluding hydrogens is 396 g/mol. The first-order chi connectivity index (χ1) is 15.4. The Morgan fingerprint density at radius 1 is 0.938 bits per heavy atom. The smallest absolute Gasteiger partial charge is 0.261 e. The Hall–Kier alpha value is -3.11. The van der Waals surface area contributed by atoms with Crippen LogP contribution in [0.15, 0.2) is 78.9 Å². The Kier molecular flexibility index (Phi) is 6.61. The normalized spacial score (nSPS) is 15.9. The maximum atomic E-state index is 11.9. The maximum Gasteiger partial charge on any atom is 0.261 e. The number of rotatable bonds is 8.